The molecule has 0 heterocycles. The van der Waals surface area contributed by atoms with E-state index in [1.54, 1.807) is 5.48 Å². The van der Waals surface area contributed by atoms with Crippen LogP contribution in [0.3, 0.4) is 0 Å². The molecule has 0 saturated carbocycles. The van der Waals surface area contributed by atoms with E-state index < -0.39 is 43.2 Å². The number of amides is 1. The lowest BCUT2D eigenvalue weighted by Gasteiger charge is -2.20. The molecule has 0 radical (unpaired) electrons. The van der Waals surface area contributed by atoms with Crippen molar-refractivity contribution in [1.82, 2.24) is 5.48 Å². The number of carbonyl (C=O) groups excluding carboxylic acids is 2. The second-order valence-corrected chi connectivity index (χ2v) is 3.14. The number of aliphatic hydroxyl groups is 4. The highest BCUT2D eigenvalue weighted by molar-refractivity contribution is 5.76. The zero-order valence-electron chi connectivity index (χ0n) is 8.66. The lowest BCUT2D eigenvalue weighted by atomic mass is 10.1. The molecule has 8 heteroatoms. The van der Waals surface area contributed by atoms with Crippen molar-refractivity contribution < 1.29 is 34.9 Å². The van der Waals surface area contributed by atoms with E-state index in [9.17, 15) is 14.7 Å². The minimum atomic E-state index is -1.67. The number of rotatable bonds is 5. The van der Waals surface area contributed by atoms with E-state index in [1.807, 2.05) is 0 Å². The van der Waals surface area contributed by atoms with Gasteiger partial charge in [0, 0.05) is 6.92 Å². The van der Waals surface area contributed by atoms with Crippen molar-refractivity contribution in [2.45, 2.75) is 31.7 Å². The summed E-state index contributed by atoms with van der Waals surface area (Å²) in [6.45, 7) is 0.368. The molecule has 5 N–H and O–H groups in total. The first-order valence-corrected chi connectivity index (χ1v) is 4.49. The molecule has 0 unspecified atom stereocenters. The van der Waals surface area contributed by atoms with Crippen LogP contribution in [0.25, 0.3) is 0 Å². The molecule has 0 fully saturated rings. The van der Waals surface area contributed by atoms with Crippen molar-refractivity contribution in [3.05, 3.63) is 0 Å². The first kappa shape index (κ1) is 14.8. The van der Waals surface area contributed by atoms with Gasteiger partial charge < -0.3 is 25.3 Å². The highest BCUT2D eigenvalue weighted by Gasteiger charge is 2.26. The fraction of sp³-hybridized carbons (Fsp3) is 0.750. The molecule has 3 atom stereocenters. The molecule has 1 amide bonds. The lowest BCUT2D eigenvalue weighted by Crippen LogP contribution is -2.41. The molecule has 0 aliphatic carbocycles. The molecule has 0 aromatic heterocycles. The summed E-state index contributed by atoms with van der Waals surface area (Å²) in [5, 5.41) is 35.8. The molecule has 8 nitrogen and oxygen atoms in total. The molecule has 0 saturated heterocycles. The minimum Gasteiger partial charge on any atom is -0.394 e. The fourth-order valence-corrected chi connectivity index (χ4v) is 0.826. The number of hydroxylamine groups is 1. The second-order valence-electron chi connectivity index (χ2n) is 3.14. The summed E-state index contributed by atoms with van der Waals surface area (Å²) in [5.74, 6) is -1.58. The van der Waals surface area contributed by atoms with Gasteiger partial charge in [-0.05, 0) is 0 Å². The minimum absolute atomic E-state index is 0.598. The van der Waals surface area contributed by atoms with Crippen LogP contribution in [0.4, 0.5) is 0 Å². The van der Waals surface area contributed by atoms with Gasteiger partial charge in [0.1, 0.15) is 12.2 Å². The highest BCUT2D eigenvalue weighted by atomic mass is 16.7. The molecule has 0 spiro atoms. The SMILES string of the molecule is CC(=O)NOC(=O)C[C@@H](O)[C@@H](O)[C@H](O)CO. The van der Waals surface area contributed by atoms with Crippen molar-refractivity contribution in [2.24, 2.45) is 0 Å². The Morgan fingerprint density at radius 2 is 1.81 bits per heavy atom. The average molecular weight is 237 g/mol. The van der Waals surface area contributed by atoms with E-state index in [0.717, 1.165) is 6.92 Å². The van der Waals surface area contributed by atoms with E-state index in [4.69, 9.17) is 15.3 Å². The summed E-state index contributed by atoms with van der Waals surface area (Å²) in [7, 11) is 0. The van der Waals surface area contributed by atoms with E-state index in [1.165, 1.54) is 0 Å². The van der Waals surface area contributed by atoms with Crippen LogP contribution >= 0.6 is 0 Å². The lowest BCUT2D eigenvalue weighted by molar-refractivity contribution is -0.162. The molecular formula is C8H15NO7. The van der Waals surface area contributed by atoms with Crippen molar-refractivity contribution in [1.29, 1.82) is 0 Å². The van der Waals surface area contributed by atoms with Gasteiger partial charge in [0.2, 0.25) is 5.91 Å². The monoisotopic (exact) mass is 237 g/mol. The van der Waals surface area contributed by atoms with Crippen molar-refractivity contribution in [3.8, 4) is 0 Å². The van der Waals surface area contributed by atoms with Crippen LogP contribution < -0.4 is 5.48 Å². The summed E-state index contributed by atoms with van der Waals surface area (Å²) >= 11 is 0. The molecular weight excluding hydrogens is 222 g/mol. The number of hydrogen-bond donors (Lipinski definition) is 5. The number of hydrogen-bond acceptors (Lipinski definition) is 7. The van der Waals surface area contributed by atoms with E-state index in [2.05, 4.69) is 4.84 Å². The Bertz CT molecular complexity index is 245. The Kier molecular flexibility index (Phi) is 6.58. The van der Waals surface area contributed by atoms with Crippen molar-refractivity contribution >= 4 is 11.9 Å². The summed E-state index contributed by atoms with van der Waals surface area (Å²) in [6.07, 6.45) is -5.44. The Morgan fingerprint density at radius 3 is 2.25 bits per heavy atom. The summed E-state index contributed by atoms with van der Waals surface area (Å²) in [4.78, 5) is 25.5. The fourth-order valence-electron chi connectivity index (χ4n) is 0.826. The number of aliphatic hydroxyl groups excluding tert-OH is 4. The highest BCUT2D eigenvalue weighted by Crippen LogP contribution is 2.04. The van der Waals surface area contributed by atoms with Crippen LogP contribution in [0.1, 0.15) is 13.3 Å². The van der Waals surface area contributed by atoms with Crippen LogP contribution in [0, 0.1) is 0 Å². The van der Waals surface area contributed by atoms with Crippen LogP contribution in [0.5, 0.6) is 0 Å². The molecule has 0 aromatic rings. The molecule has 0 bridgehead atoms. The predicted octanol–water partition coefficient (Wildman–Crippen LogP) is -2.95. The van der Waals surface area contributed by atoms with Crippen LogP contribution in [0.2, 0.25) is 0 Å². The predicted molar refractivity (Wildman–Crippen MR) is 49.6 cm³/mol. The van der Waals surface area contributed by atoms with E-state index in [-0.39, 0.29) is 0 Å². The second kappa shape index (κ2) is 7.12. The molecule has 16 heavy (non-hydrogen) atoms. The largest absolute Gasteiger partial charge is 0.394 e. The number of carbonyl (C=O) groups is 2. The van der Waals surface area contributed by atoms with Gasteiger partial charge in [-0.3, -0.25) is 4.79 Å². The van der Waals surface area contributed by atoms with Gasteiger partial charge in [-0.25, -0.2) is 4.79 Å². The Hall–Kier alpha value is -1.22. The van der Waals surface area contributed by atoms with Crippen molar-refractivity contribution in [3.63, 3.8) is 0 Å². The zero-order chi connectivity index (χ0) is 12.7. The smallest absolute Gasteiger partial charge is 0.334 e. The summed E-state index contributed by atoms with van der Waals surface area (Å²) in [6, 6.07) is 0. The molecule has 0 rings (SSSR count). The van der Waals surface area contributed by atoms with Gasteiger partial charge in [0.25, 0.3) is 0 Å². The number of nitrogens with one attached hydrogen (secondary N) is 1. The zero-order valence-corrected chi connectivity index (χ0v) is 8.66. The van der Waals surface area contributed by atoms with Gasteiger partial charge in [-0.15, -0.1) is 0 Å². The molecule has 0 aliphatic heterocycles. The standard InChI is InChI=1S/C8H15NO7/c1-4(11)9-16-7(14)2-5(12)8(15)6(13)3-10/h5-6,8,10,12-13,15H,2-3H2,1H3,(H,9,11)/t5-,6-,8-/m1/s1. The van der Waals surface area contributed by atoms with Gasteiger partial charge >= 0.3 is 5.97 Å². The summed E-state index contributed by atoms with van der Waals surface area (Å²) < 4.78 is 0. The Labute approximate surface area is 91.4 Å². The Balaban J connectivity index is 3.98. The molecule has 0 aromatic carbocycles. The van der Waals surface area contributed by atoms with Crippen LogP contribution in [-0.4, -0.2) is 57.2 Å². The molecule has 94 valence electrons. The van der Waals surface area contributed by atoms with E-state index in [0.29, 0.717) is 0 Å². The first-order chi connectivity index (χ1) is 7.38. The summed E-state index contributed by atoms with van der Waals surface area (Å²) in [5.41, 5.74) is 1.74. The van der Waals surface area contributed by atoms with Crippen molar-refractivity contribution in [2.75, 3.05) is 6.61 Å². The van der Waals surface area contributed by atoms with Gasteiger partial charge in [-0.1, -0.05) is 0 Å². The van der Waals surface area contributed by atoms with Crippen LogP contribution in [-0.2, 0) is 14.4 Å². The topological polar surface area (TPSA) is 136 Å². The quantitative estimate of drug-likeness (QED) is 0.322. The van der Waals surface area contributed by atoms with Gasteiger partial charge in [0.05, 0.1) is 19.1 Å². The van der Waals surface area contributed by atoms with Crippen LogP contribution in [0.15, 0.2) is 0 Å². The first-order valence-electron chi connectivity index (χ1n) is 4.49. The third kappa shape index (κ3) is 5.61. The molecule has 0 aliphatic rings. The third-order valence-electron chi connectivity index (χ3n) is 1.66. The maximum atomic E-state index is 10.9. The van der Waals surface area contributed by atoms with E-state index >= 15 is 0 Å². The third-order valence-corrected chi connectivity index (χ3v) is 1.66. The maximum absolute atomic E-state index is 10.9. The average Bonchev–Trinajstić information content (AvgIpc) is 2.24. The normalized spacial score (nSPS) is 16.1. The van der Waals surface area contributed by atoms with Gasteiger partial charge in [-0.2, -0.15) is 5.48 Å². The maximum Gasteiger partial charge on any atom is 0.334 e. The van der Waals surface area contributed by atoms with Gasteiger partial charge in [0.15, 0.2) is 0 Å². The Morgan fingerprint density at radius 1 is 1.25 bits per heavy atom.